The van der Waals surface area contributed by atoms with Crippen LogP contribution in [0.2, 0.25) is 10.0 Å². The zero-order valence-corrected chi connectivity index (χ0v) is 15.0. The normalized spacial score (nSPS) is 11.0. The lowest BCUT2D eigenvalue weighted by atomic mass is 10.2. The van der Waals surface area contributed by atoms with Crippen molar-refractivity contribution in [3.05, 3.63) is 68.8 Å². The maximum Gasteiger partial charge on any atom is 0.265 e. The van der Waals surface area contributed by atoms with E-state index < -0.39 is 0 Å². The first-order valence-electron chi connectivity index (χ1n) is 7.31. The van der Waals surface area contributed by atoms with Crippen LogP contribution in [0.3, 0.4) is 0 Å². The van der Waals surface area contributed by atoms with Gasteiger partial charge in [0, 0.05) is 10.7 Å². The summed E-state index contributed by atoms with van der Waals surface area (Å²) < 4.78 is 5.76. The molecule has 0 aliphatic heterocycles. The first-order chi connectivity index (χ1) is 12.1. The first kappa shape index (κ1) is 16.1. The van der Waals surface area contributed by atoms with Crippen molar-refractivity contribution in [2.45, 2.75) is 0 Å². The van der Waals surface area contributed by atoms with E-state index in [1.54, 1.807) is 42.5 Å². The largest absolute Gasteiger partial charge is 0.436 e. The highest BCUT2D eigenvalue weighted by molar-refractivity contribution is 7.12. The van der Waals surface area contributed by atoms with Crippen LogP contribution < -0.4 is 5.32 Å². The third-order valence-corrected chi connectivity index (χ3v) is 4.97. The zero-order chi connectivity index (χ0) is 17.4. The van der Waals surface area contributed by atoms with Crippen molar-refractivity contribution < 1.29 is 9.21 Å². The van der Waals surface area contributed by atoms with Crippen LogP contribution in [0.25, 0.3) is 22.6 Å². The van der Waals surface area contributed by atoms with Gasteiger partial charge in [0.25, 0.3) is 5.91 Å². The summed E-state index contributed by atoms with van der Waals surface area (Å²) in [7, 11) is 0. The number of carbonyl (C=O) groups is 1. The van der Waals surface area contributed by atoms with Crippen LogP contribution in [0.4, 0.5) is 5.69 Å². The number of nitrogens with one attached hydrogen (secondary N) is 1. The lowest BCUT2D eigenvalue weighted by molar-refractivity contribution is 0.103. The lowest BCUT2D eigenvalue weighted by Crippen LogP contribution is -2.09. The second kappa shape index (κ2) is 6.52. The smallest absolute Gasteiger partial charge is 0.265 e. The molecule has 0 bridgehead atoms. The Kier molecular flexibility index (Phi) is 4.21. The highest BCUT2D eigenvalue weighted by Gasteiger charge is 2.13. The van der Waals surface area contributed by atoms with Gasteiger partial charge in [-0.3, -0.25) is 4.79 Å². The predicted octanol–water partition coefficient (Wildman–Crippen LogP) is 6.12. The van der Waals surface area contributed by atoms with Crippen LogP contribution in [0.5, 0.6) is 0 Å². The Balaban J connectivity index is 1.66. The van der Waals surface area contributed by atoms with Crippen LogP contribution in [-0.2, 0) is 0 Å². The fourth-order valence-corrected chi connectivity index (χ4v) is 3.49. The monoisotopic (exact) mass is 388 g/mol. The van der Waals surface area contributed by atoms with Crippen LogP contribution in [0.15, 0.2) is 58.3 Å². The number of thiophene rings is 1. The summed E-state index contributed by atoms with van der Waals surface area (Å²) in [5.41, 5.74) is 2.54. The number of hydrogen-bond donors (Lipinski definition) is 1. The Labute approximate surface area is 157 Å². The summed E-state index contributed by atoms with van der Waals surface area (Å²) in [4.78, 5) is 17.2. The molecule has 1 N–H and O–H groups in total. The van der Waals surface area contributed by atoms with E-state index in [-0.39, 0.29) is 5.91 Å². The van der Waals surface area contributed by atoms with Gasteiger partial charge in [-0.25, -0.2) is 4.98 Å². The molecule has 0 saturated carbocycles. The van der Waals surface area contributed by atoms with Crippen LogP contribution in [0, 0.1) is 0 Å². The summed E-state index contributed by atoms with van der Waals surface area (Å²) in [5.74, 6) is 0.247. The molecule has 0 aliphatic carbocycles. The van der Waals surface area contributed by atoms with Gasteiger partial charge < -0.3 is 9.73 Å². The number of rotatable bonds is 3. The van der Waals surface area contributed by atoms with E-state index in [1.165, 1.54) is 11.3 Å². The molecule has 4 rings (SSSR count). The van der Waals surface area contributed by atoms with Gasteiger partial charge in [-0.05, 0) is 47.8 Å². The molecule has 2 aromatic heterocycles. The van der Waals surface area contributed by atoms with Crippen LogP contribution in [0.1, 0.15) is 9.67 Å². The van der Waals surface area contributed by atoms with E-state index in [9.17, 15) is 4.79 Å². The van der Waals surface area contributed by atoms with E-state index in [4.69, 9.17) is 27.6 Å². The topological polar surface area (TPSA) is 55.1 Å². The van der Waals surface area contributed by atoms with Crippen molar-refractivity contribution >= 4 is 57.2 Å². The van der Waals surface area contributed by atoms with Gasteiger partial charge in [0.05, 0.1) is 15.5 Å². The van der Waals surface area contributed by atoms with Gasteiger partial charge in [-0.1, -0.05) is 29.3 Å². The molecular formula is C18H10Cl2N2O2S. The van der Waals surface area contributed by atoms with Crippen LogP contribution >= 0.6 is 34.5 Å². The van der Waals surface area contributed by atoms with Gasteiger partial charge in [0.1, 0.15) is 5.52 Å². The molecule has 7 heteroatoms. The average molecular weight is 389 g/mol. The van der Waals surface area contributed by atoms with Crippen molar-refractivity contribution in [1.82, 2.24) is 4.98 Å². The van der Waals surface area contributed by atoms with Crippen molar-refractivity contribution in [1.29, 1.82) is 0 Å². The SMILES string of the molecule is O=C(Nc1ccc2oc(-c3ccc(Cl)cc3Cl)nc2c1)c1cccs1. The molecule has 124 valence electrons. The number of fused-ring (bicyclic) bond motifs is 1. The molecule has 0 fully saturated rings. The number of nitrogens with zero attached hydrogens (tertiary/aromatic N) is 1. The van der Waals surface area contributed by atoms with Gasteiger partial charge in [-0.2, -0.15) is 0 Å². The molecule has 2 aromatic carbocycles. The number of oxazole rings is 1. The molecule has 0 radical (unpaired) electrons. The molecule has 0 unspecified atom stereocenters. The zero-order valence-electron chi connectivity index (χ0n) is 12.6. The Morgan fingerprint density at radius 2 is 2.00 bits per heavy atom. The van der Waals surface area contributed by atoms with Gasteiger partial charge >= 0.3 is 0 Å². The Morgan fingerprint density at radius 1 is 1.12 bits per heavy atom. The highest BCUT2D eigenvalue weighted by atomic mass is 35.5. The minimum Gasteiger partial charge on any atom is -0.436 e. The third kappa shape index (κ3) is 3.26. The molecule has 4 nitrogen and oxygen atoms in total. The average Bonchev–Trinajstić information content (AvgIpc) is 3.24. The molecule has 2 heterocycles. The highest BCUT2D eigenvalue weighted by Crippen LogP contribution is 2.32. The summed E-state index contributed by atoms with van der Waals surface area (Å²) in [6, 6.07) is 14.0. The van der Waals surface area contributed by atoms with Crippen molar-refractivity contribution in [2.75, 3.05) is 5.32 Å². The second-order valence-electron chi connectivity index (χ2n) is 5.26. The minimum absolute atomic E-state index is 0.154. The molecule has 0 saturated heterocycles. The molecular weight excluding hydrogens is 379 g/mol. The number of amides is 1. The van der Waals surface area contributed by atoms with E-state index in [1.807, 2.05) is 11.4 Å². The van der Waals surface area contributed by atoms with E-state index in [0.717, 1.165) is 0 Å². The first-order valence-corrected chi connectivity index (χ1v) is 8.94. The quantitative estimate of drug-likeness (QED) is 0.460. The number of benzene rings is 2. The number of anilines is 1. The van der Waals surface area contributed by atoms with Crippen molar-refractivity contribution in [3.63, 3.8) is 0 Å². The van der Waals surface area contributed by atoms with Gasteiger partial charge in [-0.15, -0.1) is 11.3 Å². The summed E-state index contributed by atoms with van der Waals surface area (Å²) in [6.45, 7) is 0. The van der Waals surface area contributed by atoms with E-state index >= 15 is 0 Å². The number of carbonyl (C=O) groups excluding carboxylic acids is 1. The second-order valence-corrected chi connectivity index (χ2v) is 7.05. The van der Waals surface area contributed by atoms with E-state index in [0.29, 0.717) is 43.2 Å². The maximum absolute atomic E-state index is 12.1. The number of aromatic nitrogens is 1. The van der Waals surface area contributed by atoms with Gasteiger partial charge in [0.15, 0.2) is 5.58 Å². The van der Waals surface area contributed by atoms with Gasteiger partial charge in [0.2, 0.25) is 5.89 Å². The summed E-state index contributed by atoms with van der Waals surface area (Å²) >= 11 is 13.5. The number of hydrogen-bond acceptors (Lipinski definition) is 4. The molecule has 0 atom stereocenters. The van der Waals surface area contributed by atoms with Crippen molar-refractivity contribution in [3.8, 4) is 11.5 Å². The summed E-state index contributed by atoms with van der Waals surface area (Å²) in [6.07, 6.45) is 0. The molecule has 0 aliphatic rings. The molecule has 0 spiro atoms. The fourth-order valence-electron chi connectivity index (χ4n) is 2.38. The molecule has 1 amide bonds. The molecule has 4 aromatic rings. The standard InChI is InChI=1S/C18H10Cl2N2O2S/c19-10-3-5-12(13(20)8-10)18-22-14-9-11(4-6-15(14)24-18)21-17(23)16-2-1-7-25-16/h1-9H,(H,21,23). The Bertz CT molecular complexity index is 1070. The predicted molar refractivity (Wildman–Crippen MR) is 102 cm³/mol. The maximum atomic E-state index is 12.1. The van der Waals surface area contributed by atoms with Crippen LogP contribution in [-0.4, -0.2) is 10.9 Å². The van der Waals surface area contributed by atoms with E-state index in [2.05, 4.69) is 10.3 Å². The summed E-state index contributed by atoms with van der Waals surface area (Å²) in [5, 5.41) is 5.72. The number of halogens is 2. The fraction of sp³-hybridized carbons (Fsp3) is 0. The molecule has 25 heavy (non-hydrogen) atoms. The van der Waals surface area contributed by atoms with Crippen molar-refractivity contribution in [2.24, 2.45) is 0 Å². The Hall–Kier alpha value is -2.34. The lowest BCUT2D eigenvalue weighted by Gasteiger charge is -2.02. The Morgan fingerprint density at radius 3 is 2.76 bits per heavy atom. The third-order valence-electron chi connectivity index (χ3n) is 3.55. The minimum atomic E-state index is -0.154.